The van der Waals surface area contributed by atoms with E-state index in [2.05, 4.69) is 10.5 Å². The summed E-state index contributed by atoms with van der Waals surface area (Å²) >= 11 is 0. The lowest BCUT2D eigenvalue weighted by atomic mass is 10.1. The summed E-state index contributed by atoms with van der Waals surface area (Å²) in [6.07, 6.45) is 6.82. The first-order chi connectivity index (χ1) is 10.2. The molecular weight excluding hydrogens is 270 g/mol. The second kappa shape index (κ2) is 7.35. The molecule has 0 spiro atoms. The molecule has 1 saturated carbocycles. The van der Waals surface area contributed by atoms with Crippen molar-refractivity contribution in [3.05, 3.63) is 41.5 Å². The van der Waals surface area contributed by atoms with Crippen molar-refractivity contribution in [3.8, 4) is 0 Å². The molecule has 1 aliphatic rings. The Kier molecular flexibility index (Phi) is 5.22. The lowest BCUT2D eigenvalue weighted by molar-refractivity contribution is -0.124. The molecule has 21 heavy (non-hydrogen) atoms. The van der Waals surface area contributed by atoms with Gasteiger partial charge in [0.05, 0.1) is 0 Å². The summed E-state index contributed by atoms with van der Waals surface area (Å²) in [4.78, 5) is 22.9. The first kappa shape index (κ1) is 14.9. The number of nitrogens with zero attached hydrogens (tertiary/aromatic N) is 1. The third-order valence-electron chi connectivity index (χ3n) is 3.18. The molecule has 0 radical (unpaired) electrons. The molecule has 1 aliphatic carbocycles. The van der Waals surface area contributed by atoms with Gasteiger partial charge in [-0.05, 0) is 49.5 Å². The fourth-order valence-corrected chi connectivity index (χ4v) is 2.08. The summed E-state index contributed by atoms with van der Waals surface area (Å²) in [6, 6.07) is 6.79. The highest BCUT2D eigenvalue weighted by atomic mass is 16.5. The number of amides is 2. The lowest BCUT2D eigenvalue weighted by Gasteiger charge is -2.02. The summed E-state index contributed by atoms with van der Waals surface area (Å²) in [5, 5.41) is 12.5. The zero-order valence-corrected chi connectivity index (χ0v) is 11.5. The largest absolute Gasteiger partial charge is 0.288 e. The van der Waals surface area contributed by atoms with Crippen molar-refractivity contribution in [1.82, 2.24) is 10.9 Å². The van der Waals surface area contributed by atoms with Crippen LogP contribution in [0, 0.1) is 0 Å². The summed E-state index contributed by atoms with van der Waals surface area (Å²) < 4.78 is 0. The highest BCUT2D eigenvalue weighted by Gasteiger charge is 2.09. The number of hydrazone groups is 1. The Morgan fingerprint density at radius 1 is 1.24 bits per heavy atom. The maximum atomic E-state index is 12.0. The van der Waals surface area contributed by atoms with Crippen LogP contribution in [0.4, 0.5) is 0 Å². The summed E-state index contributed by atoms with van der Waals surface area (Å²) in [5.74, 6) is -0.909. The Labute approximate surface area is 122 Å². The number of hydrogen-bond acceptors (Lipinski definition) is 4. The first-order valence-electron chi connectivity index (χ1n) is 6.77. The van der Waals surface area contributed by atoms with E-state index in [4.69, 9.17) is 5.21 Å². The van der Waals surface area contributed by atoms with Crippen LogP contribution in [0.3, 0.4) is 0 Å². The molecule has 1 aromatic rings. The molecule has 2 amide bonds. The van der Waals surface area contributed by atoms with Crippen molar-refractivity contribution < 1.29 is 14.8 Å². The van der Waals surface area contributed by atoms with Crippen molar-refractivity contribution in [3.63, 3.8) is 0 Å². The highest BCUT2D eigenvalue weighted by Crippen LogP contribution is 2.14. The Bertz CT molecular complexity index is 586. The predicted octanol–water partition coefficient (Wildman–Crippen LogP) is 1.86. The van der Waals surface area contributed by atoms with E-state index in [1.807, 2.05) is 0 Å². The van der Waals surface area contributed by atoms with Crippen molar-refractivity contribution in [2.24, 2.45) is 5.10 Å². The molecule has 0 aliphatic heterocycles. The van der Waals surface area contributed by atoms with E-state index in [9.17, 15) is 9.59 Å². The Hall–Kier alpha value is -2.47. The van der Waals surface area contributed by atoms with Crippen LogP contribution in [-0.4, -0.2) is 22.7 Å². The monoisotopic (exact) mass is 287 g/mol. The van der Waals surface area contributed by atoms with Gasteiger partial charge in [-0.1, -0.05) is 12.1 Å². The molecule has 1 aromatic carbocycles. The number of carbonyl (C=O) groups excluding carboxylic acids is 2. The maximum Gasteiger partial charge on any atom is 0.271 e. The van der Waals surface area contributed by atoms with E-state index in [1.165, 1.54) is 17.6 Å². The van der Waals surface area contributed by atoms with Gasteiger partial charge >= 0.3 is 0 Å². The molecule has 6 nitrogen and oxygen atoms in total. The zero-order valence-electron chi connectivity index (χ0n) is 11.5. The predicted molar refractivity (Wildman–Crippen MR) is 78.8 cm³/mol. The normalized spacial score (nSPS) is 14.2. The quantitative estimate of drug-likeness (QED) is 0.448. The van der Waals surface area contributed by atoms with Crippen LogP contribution in [-0.2, 0) is 4.79 Å². The van der Waals surface area contributed by atoms with Gasteiger partial charge in [-0.2, -0.15) is 5.10 Å². The fraction of sp³-hybridized carbons (Fsp3) is 0.267. The Balaban J connectivity index is 2.02. The number of hydroxylamine groups is 1. The molecule has 3 N–H and O–H groups in total. The van der Waals surface area contributed by atoms with Gasteiger partial charge < -0.3 is 0 Å². The van der Waals surface area contributed by atoms with Gasteiger partial charge in [0, 0.05) is 17.4 Å². The van der Waals surface area contributed by atoms with Crippen molar-refractivity contribution >= 4 is 23.6 Å². The molecule has 0 bridgehead atoms. The highest BCUT2D eigenvalue weighted by molar-refractivity contribution is 5.96. The van der Waals surface area contributed by atoms with E-state index in [-0.39, 0.29) is 5.91 Å². The zero-order chi connectivity index (χ0) is 15.1. The molecule has 0 atom stereocenters. The molecular formula is C15H17N3O3. The van der Waals surface area contributed by atoms with Crippen LogP contribution in [0.15, 0.2) is 35.4 Å². The molecule has 2 rings (SSSR count). The maximum absolute atomic E-state index is 12.0. The molecule has 0 heterocycles. The number of nitrogens with one attached hydrogen (secondary N) is 2. The van der Waals surface area contributed by atoms with Gasteiger partial charge in [-0.15, -0.1) is 0 Å². The summed E-state index contributed by atoms with van der Waals surface area (Å²) in [7, 11) is 0. The minimum atomic E-state index is -0.627. The second-order valence-corrected chi connectivity index (χ2v) is 4.76. The molecule has 0 unspecified atom stereocenters. The van der Waals surface area contributed by atoms with Gasteiger partial charge in [0.1, 0.15) is 0 Å². The third-order valence-corrected chi connectivity index (χ3v) is 3.18. The Morgan fingerprint density at radius 2 is 2.00 bits per heavy atom. The van der Waals surface area contributed by atoms with Gasteiger partial charge in [0.15, 0.2) is 0 Å². The van der Waals surface area contributed by atoms with Crippen LogP contribution in [0.25, 0.3) is 6.08 Å². The average molecular weight is 287 g/mol. The summed E-state index contributed by atoms with van der Waals surface area (Å²) in [6.45, 7) is 0. The van der Waals surface area contributed by atoms with E-state index >= 15 is 0 Å². The standard InChI is InChI=1S/C15H17N3O3/c19-14(18-21)9-8-11-4-3-5-12(10-11)15(20)17-16-13-6-1-2-7-13/h3-5,8-10,21H,1-2,6-7H2,(H,17,20)(H,18,19). The number of benzene rings is 1. The number of rotatable bonds is 4. The van der Waals surface area contributed by atoms with Crippen LogP contribution in [0.1, 0.15) is 41.6 Å². The van der Waals surface area contributed by atoms with E-state index < -0.39 is 5.91 Å². The topological polar surface area (TPSA) is 90.8 Å². The third kappa shape index (κ3) is 4.54. The van der Waals surface area contributed by atoms with Crippen molar-refractivity contribution in [1.29, 1.82) is 0 Å². The number of hydrogen-bond donors (Lipinski definition) is 3. The van der Waals surface area contributed by atoms with Crippen LogP contribution < -0.4 is 10.9 Å². The van der Waals surface area contributed by atoms with E-state index in [1.54, 1.807) is 24.3 Å². The van der Waals surface area contributed by atoms with E-state index in [0.29, 0.717) is 11.1 Å². The number of carbonyl (C=O) groups is 2. The van der Waals surface area contributed by atoms with Crippen molar-refractivity contribution in [2.45, 2.75) is 25.7 Å². The van der Waals surface area contributed by atoms with Crippen LogP contribution in [0.2, 0.25) is 0 Å². The molecule has 110 valence electrons. The summed E-state index contributed by atoms with van der Waals surface area (Å²) in [5.41, 5.74) is 6.22. The lowest BCUT2D eigenvalue weighted by Crippen LogP contribution is -2.19. The van der Waals surface area contributed by atoms with E-state index in [0.717, 1.165) is 31.4 Å². The SMILES string of the molecule is O=C(C=Cc1cccc(C(=O)NN=C2CCCC2)c1)NO. The molecule has 1 fully saturated rings. The second-order valence-electron chi connectivity index (χ2n) is 4.76. The first-order valence-corrected chi connectivity index (χ1v) is 6.77. The molecule has 6 heteroatoms. The fourth-order valence-electron chi connectivity index (χ4n) is 2.08. The minimum Gasteiger partial charge on any atom is -0.288 e. The van der Waals surface area contributed by atoms with Gasteiger partial charge in [-0.3, -0.25) is 14.8 Å². The average Bonchev–Trinajstić information content (AvgIpc) is 3.04. The molecule has 0 saturated heterocycles. The van der Waals surface area contributed by atoms with Gasteiger partial charge in [-0.25, -0.2) is 10.9 Å². The van der Waals surface area contributed by atoms with Crippen molar-refractivity contribution in [2.75, 3.05) is 0 Å². The minimum absolute atomic E-state index is 0.281. The smallest absolute Gasteiger partial charge is 0.271 e. The van der Waals surface area contributed by atoms with Crippen LogP contribution >= 0.6 is 0 Å². The Morgan fingerprint density at radius 3 is 2.71 bits per heavy atom. The van der Waals surface area contributed by atoms with Crippen LogP contribution in [0.5, 0.6) is 0 Å². The van der Waals surface area contributed by atoms with Gasteiger partial charge in [0.25, 0.3) is 11.8 Å². The van der Waals surface area contributed by atoms with Gasteiger partial charge in [0.2, 0.25) is 0 Å². The molecule has 0 aromatic heterocycles.